The molecule has 1 atom stereocenters. The van der Waals surface area contributed by atoms with Crippen LogP contribution >= 0.6 is 0 Å². The SMILES string of the molecule is Cc1ccc(CN2C(=O)CCC2C(=O)C(=O)NC2CC2)cc1. The number of amides is 2. The molecule has 0 bridgehead atoms. The second-order valence-electron chi connectivity index (χ2n) is 6.17. The lowest BCUT2D eigenvalue weighted by molar-refractivity contribution is -0.143. The fraction of sp³-hybridized carbons (Fsp3) is 0.471. The Morgan fingerprint density at radius 3 is 2.50 bits per heavy atom. The van der Waals surface area contributed by atoms with Gasteiger partial charge in [0.1, 0.15) is 6.04 Å². The van der Waals surface area contributed by atoms with Gasteiger partial charge in [0.2, 0.25) is 11.7 Å². The van der Waals surface area contributed by atoms with Gasteiger partial charge in [0.05, 0.1) is 0 Å². The molecule has 1 heterocycles. The highest BCUT2D eigenvalue weighted by atomic mass is 16.2. The summed E-state index contributed by atoms with van der Waals surface area (Å²) in [6, 6.07) is 7.39. The molecule has 1 aromatic rings. The Morgan fingerprint density at radius 2 is 1.86 bits per heavy atom. The van der Waals surface area contributed by atoms with Crippen molar-refractivity contribution in [1.82, 2.24) is 10.2 Å². The van der Waals surface area contributed by atoms with Gasteiger partial charge in [-0.05, 0) is 31.7 Å². The molecule has 2 aliphatic rings. The fourth-order valence-corrected chi connectivity index (χ4v) is 2.73. The number of nitrogens with zero attached hydrogens (tertiary/aromatic N) is 1. The number of rotatable bonds is 5. The summed E-state index contributed by atoms with van der Waals surface area (Å²) in [5, 5.41) is 2.71. The van der Waals surface area contributed by atoms with Crippen LogP contribution in [0.5, 0.6) is 0 Å². The van der Waals surface area contributed by atoms with Crippen molar-refractivity contribution in [3.63, 3.8) is 0 Å². The van der Waals surface area contributed by atoms with Crippen LogP contribution in [0.4, 0.5) is 0 Å². The molecule has 116 valence electrons. The molecule has 22 heavy (non-hydrogen) atoms. The summed E-state index contributed by atoms with van der Waals surface area (Å²) in [7, 11) is 0. The van der Waals surface area contributed by atoms with E-state index in [1.54, 1.807) is 4.90 Å². The first kappa shape index (κ1) is 14.8. The first-order valence-electron chi connectivity index (χ1n) is 7.74. The van der Waals surface area contributed by atoms with E-state index in [9.17, 15) is 14.4 Å². The molecule has 1 N–H and O–H groups in total. The average molecular weight is 300 g/mol. The second kappa shape index (κ2) is 5.91. The number of Topliss-reactive ketones (excluding diaryl/α,β-unsaturated/α-hetero) is 1. The number of nitrogens with one attached hydrogen (secondary N) is 1. The molecule has 0 spiro atoms. The van der Waals surface area contributed by atoms with E-state index in [0.29, 0.717) is 19.4 Å². The average Bonchev–Trinajstić information content (AvgIpc) is 3.24. The number of ketones is 1. The van der Waals surface area contributed by atoms with E-state index in [1.807, 2.05) is 31.2 Å². The molecule has 5 nitrogen and oxygen atoms in total. The minimum atomic E-state index is -0.618. The Hall–Kier alpha value is -2.17. The maximum absolute atomic E-state index is 12.3. The largest absolute Gasteiger partial charge is 0.347 e. The van der Waals surface area contributed by atoms with Crippen molar-refractivity contribution in [1.29, 1.82) is 0 Å². The molecule has 1 aromatic carbocycles. The molecule has 2 fully saturated rings. The molecular formula is C17H20N2O3. The number of carbonyl (C=O) groups is 3. The van der Waals surface area contributed by atoms with E-state index in [2.05, 4.69) is 5.32 Å². The Morgan fingerprint density at radius 1 is 1.18 bits per heavy atom. The number of carbonyl (C=O) groups excluding carboxylic acids is 3. The second-order valence-corrected chi connectivity index (χ2v) is 6.17. The Bertz CT molecular complexity index is 605. The molecule has 5 heteroatoms. The number of likely N-dealkylation sites (tertiary alicyclic amines) is 1. The van der Waals surface area contributed by atoms with Crippen LogP contribution in [0.2, 0.25) is 0 Å². The van der Waals surface area contributed by atoms with Crippen LogP contribution in [0.15, 0.2) is 24.3 Å². The van der Waals surface area contributed by atoms with Crippen molar-refractivity contribution < 1.29 is 14.4 Å². The molecule has 0 radical (unpaired) electrons. The van der Waals surface area contributed by atoms with Gasteiger partial charge in [-0.15, -0.1) is 0 Å². The monoisotopic (exact) mass is 300 g/mol. The van der Waals surface area contributed by atoms with Crippen LogP contribution in [0.3, 0.4) is 0 Å². The van der Waals surface area contributed by atoms with Gasteiger partial charge in [0.15, 0.2) is 0 Å². The highest BCUT2D eigenvalue weighted by Crippen LogP contribution is 2.23. The number of hydrogen-bond acceptors (Lipinski definition) is 3. The Kier molecular flexibility index (Phi) is 3.96. The zero-order valence-corrected chi connectivity index (χ0v) is 12.7. The summed E-state index contributed by atoms with van der Waals surface area (Å²) in [6.07, 6.45) is 2.64. The van der Waals surface area contributed by atoms with Gasteiger partial charge in [0.25, 0.3) is 5.91 Å². The van der Waals surface area contributed by atoms with Crippen LogP contribution in [-0.4, -0.2) is 34.6 Å². The van der Waals surface area contributed by atoms with E-state index in [4.69, 9.17) is 0 Å². The molecule has 1 saturated heterocycles. The molecule has 1 saturated carbocycles. The Labute approximate surface area is 129 Å². The van der Waals surface area contributed by atoms with Gasteiger partial charge in [-0.25, -0.2) is 0 Å². The van der Waals surface area contributed by atoms with Gasteiger partial charge in [-0.2, -0.15) is 0 Å². The van der Waals surface area contributed by atoms with Gasteiger partial charge in [-0.1, -0.05) is 29.8 Å². The maximum Gasteiger partial charge on any atom is 0.289 e. The molecule has 2 amide bonds. The normalized spacial score (nSPS) is 21.0. The number of hydrogen-bond donors (Lipinski definition) is 1. The highest BCUT2D eigenvalue weighted by molar-refractivity contribution is 6.38. The standard InChI is InChI=1S/C17H20N2O3/c1-11-2-4-12(5-3-11)10-19-14(8-9-15(19)20)16(21)17(22)18-13-6-7-13/h2-5,13-14H,6-10H2,1H3,(H,18,22). The van der Waals surface area contributed by atoms with E-state index in [0.717, 1.165) is 24.0 Å². The molecule has 0 aromatic heterocycles. The van der Waals surface area contributed by atoms with Gasteiger partial charge < -0.3 is 10.2 Å². The van der Waals surface area contributed by atoms with Crippen LogP contribution in [-0.2, 0) is 20.9 Å². The number of aryl methyl sites for hydroxylation is 1. The van der Waals surface area contributed by atoms with Crippen molar-refractivity contribution in [2.45, 2.75) is 51.2 Å². The zero-order chi connectivity index (χ0) is 15.7. The molecule has 1 aliphatic heterocycles. The predicted octanol–water partition coefficient (Wildman–Crippen LogP) is 1.33. The van der Waals surface area contributed by atoms with Crippen LogP contribution in [0.25, 0.3) is 0 Å². The van der Waals surface area contributed by atoms with Crippen LogP contribution in [0.1, 0.15) is 36.8 Å². The van der Waals surface area contributed by atoms with Crippen LogP contribution in [0, 0.1) is 6.92 Å². The molecule has 1 unspecified atom stereocenters. The molecular weight excluding hydrogens is 280 g/mol. The van der Waals surface area contributed by atoms with E-state index >= 15 is 0 Å². The minimum Gasteiger partial charge on any atom is -0.347 e. The summed E-state index contributed by atoms with van der Waals surface area (Å²) >= 11 is 0. The van der Waals surface area contributed by atoms with Crippen molar-refractivity contribution >= 4 is 17.6 Å². The summed E-state index contributed by atoms with van der Waals surface area (Å²) < 4.78 is 0. The summed E-state index contributed by atoms with van der Waals surface area (Å²) in [6.45, 7) is 2.38. The summed E-state index contributed by atoms with van der Waals surface area (Å²) in [5.41, 5.74) is 2.12. The first-order valence-corrected chi connectivity index (χ1v) is 7.74. The van der Waals surface area contributed by atoms with Crippen molar-refractivity contribution in [3.8, 4) is 0 Å². The predicted molar refractivity (Wildman–Crippen MR) is 80.9 cm³/mol. The lowest BCUT2D eigenvalue weighted by Crippen LogP contribution is -2.45. The van der Waals surface area contributed by atoms with E-state index < -0.39 is 17.7 Å². The lowest BCUT2D eigenvalue weighted by atomic mass is 10.1. The minimum absolute atomic E-state index is 0.0573. The third kappa shape index (κ3) is 3.18. The zero-order valence-electron chi connectivity index (χ0n) is 12.7. The summed E-state index contributed by atoms with van der Waals surface area (Å²) in [4.78, 5) is 37.8. The van der Waals surface area contributed by atoms with Gasteiger partial charge in [0, 0.05) is 19.0 Å². The number of benzene rings is 1. The van der Waals surface area contributed by atoms with Crippen molar-refractivity contribution in [2.24, 2.45) is 0 Å². The first-order chi connectivity index (χ1) is 10.5. The van der Waals surface area contributed by atoms with E-state index in [1.165, 1.54) is 0 Å². The third-order valence-electron chi connectivity index (χ3n) is 4.24. The van der Waals surface area contributed by atoms with E-state index in [-0.39, 0.29) is 11.9 Å². The van der Waals surface area contributed by atoms with Gasteiger partial charge in [-0.3, -0.25) is 14.4 Å². The van der Waals surface area contributed by atoms with Crippen molar-refractivity contribution in [2.75, 3.05) is 0 Å². The van der Waals surface area contributed by atoms with Crippen molar-refractivity contribution in [3.05, 3.63) is 35.4 Å². The fourth-order valence-electron chi connectivity index (χ4n) is 2.73. The Balaban J connectivity index is 1.69. The molecule has 1 aliphatic carbocycles. The smallest absolute Gasteiger partial charge is 0.289 e. The quantitative estimate of drug-likeness (QED) is 0.834. The van der Waals surface area contributed by atoms with Gasteiger partial charge >= 0.3 is 0 Å². The maximum atomic E-state index is 12.3. The topological polar surface area (TPSA) is 66.5 Å². The lowest BCUT2D eigenvalue weighted by Gasteiger charge is -2.23. The molecule has 3 rings (SSSR count). The third-order valence-corrected chi connectivity index (χ3v) is 4.24. The van der Waals surface area contributed by atoms with Crippen LogP contribution < -0.4 is 5.32 Å². The summed E-state index contributed by atoms with van der Waals surface area (Å²) in [5.74, 6) is -1.08. The highest BCUT2D eigenvalue weighted by Gasteiger charge is 2.39.